The maximum absolute atomic E-state index is 2.73. The second kappa shape index (κ2) is 7.63. The van der Waals surface area contributed by atoms with Gasteiger partial charge in [0.2, 0.25) is 0 Å². The molecule has 0 nitrogen and oxygen atoms in total. The van der Waals surface area contributed by atoms with Crippen molar-refractivity contribution in [2.75, 3.05) is 0 Å². The van der Waals surface area contributed by atoms with Crippen LogP contribution < -0.4 is 0 Å². The van der Waals surface area contributed by atoms with Gasteiger partial charge in [0, 0.05) is 3.92 Å². The molecule has 7 unspecified atom stereocenters. The molecular weight excluding hydrogens is 415 g/mol. The van der Waals surface area contributed by atoms with E-state index in [1.807, 2.05) is 0 Å². The van der Waals surface area contributed by atoms with Crippen LogP contribution in [-0.2, 0) is 0 Å². The highest BCUT2D eigenvalue weighted by Gasteiger charge is 2.45. The molecule has 0 heterocycles. The van der Waals surface area contributed by atoms with Crippen LogP contribution in [0.2, 0.25) is 0 Å². The molecule has 0 saturated heterocycles. The van der Waals surface area contributed by atoms with Crippen molar-refractivity contribution >= 4 is 22.6 Å². The number of hydrogen-bond donors (Lipinski definition) is 0. The van der Waals surface area contributed by atoms with Crippen molar-refractivity contribution in [2.24, 2.45) is 47.3 Å². The molecule has 5 aliphatic rings. The Morgan fingerprint density at radius 1 is 0.400 bits per heavy atom. The highest BCUT2D eigenvalue weighted by atomic mass is 127. The van der Waals surface area contributed by atoms with E-state index in [1.165, 1.54) is 6.42 Å². The maximum atomic E-state index is 2.73. The summed E-state index contributed by atoms with van der Waals surface area (Å²) in [6, 6.07) is 0. The molecule has 0 radical (unpaired) electrons. The molecule has 142 valence electrons. The number of halogens is 1. The van der Waals surface area contributed by atoms with Crippen molar-refractivity contribution in [3.8, 4) is 0 Å². The van der Waals surface area contributed by atoms with Gasteiger partial charge >= 0.3 is 0 Å². The molecule has 0 amide bonds. The molecule has 25 heavy (non-hydrogen) atoms. The predicted molar refractivity (Wildman–Crippen MR) is 115 cm³/mol. The SMILES string of the molecule is IC1CCC2CC(C3CC[C@H]4C(CC[C@H]5CCCCC54)C3)CCC2C1. The molecule has 5 fully saturated rings. The summed E-state index contributed by atoms with van der Waals surface area (Å²) >= 11 is 2.73. The zero-order chi connectivity index (χ0) is 16.8. The minimum atomic E-state index is 0.997. The highest BCUT2D eigenvalue weighted by Crippen LogP contribution is 2.55. The Morgan fingerprint density at radius 2 is 0.920 bits per heavy atom. The van der Waals surface area contributed by atoms with Gasteiger partial charge in [-0.25, -0.2) is 0 Å². The first-order valence-electron chi connectivity index (χ1n) is 11.9. The molecule has 0 aromatic heterocycles. The Bertz CT molecular complexity index is 459. The van der Waals surface area contributed by atoms with Gasteiger partial charge < -0.3 is 0 Å². The predicted octanol–water partition coefficient (Wildman–Crippen LogP) is 7.64. The van der Waals surface area contributed by atoms with Crippen LogP contribution in [0.1, 0.15) is 96.3 Å². The van der Waals surface area contributed by atoms with E-state index in [9.17, 15) is 0 Å². The Labute approximate surface area is 169 Å². The van der Waals surface area contributed by atoms with Gasteiger partial charge in [-0.05, 0) is 124 Å². The van der Waals surface area contributed by atoms with Crippen molar-refractivity contribution in [1.82, 2.24) is 0 Å². The zero-order valence-corrected chi connectivity index (χ0v) is 18.3. The smallest absolute Gasteiger partial charge is 0.0112 e. The number of rotatable bonds is 1. The van der Waals surface area contributed by atoms with Crippen LogP contribution in [0.25, 0.3) is 0 Å². The normalized spacial score (nSPS) is 53.4. The molecule has 0 aliphatic heterocycles. The van der Waals surface area contributed by atoms with Gasteiger partial charge in [0.1, 0.15) is 0 Å². The van der Waals surface area contributed by atoms with Crippen LogP contribution in [0.4, 0.5) is 0 Å². The largest absolute Gasteiger partial charge is 0.0826 e. The molecule has 0 aromatic carbocycles. The van der Waals surface area contributed by atoms with E-state index in [1.54, 1.807) is 89.9 Å². The quantitative estimate of drug-likeness (QED) is 0.282. The standard InChI is InChI=1S/C24H39I/c25-22-11-9-18-13-17(6-7-20(18)15-22)19-10-12-24-21(14-19)8-5-16-3-1-2-4-23(16)24/h16-24H,1-15H2/t16-,17?,18?,19?,20?,21?,22?,23?,24+/m1/s1. The van der Waals surface area contributed by atoms with Gasteiger partial charge in [0.05, 0.1) is 0 Å². The molecule has 0 spiro atoms. The fraction of sp³-hybridized carbons (Fsp3) is 1.00. The third-order valence-corrected chi connectivity index (χ3v) is 10.9. The monoisotopic (exact) mass is 454 g/mol. The summed E-state index contributed by atoms with van der Waals surface area (Å²) in [6.45, 7) is 0. The highest BCUT2D eigenvalue weighted by molar-refractivity contribution is 14.1. The minimum Gasteiger partial charge on any atom is -0.0826 e. The first kappa shape index (κ1) is 17.8. The molecule has 0 aromatic rings. The van der Waals surface area contributed by atoms with Crippen LogP contribution in [0.3, 0.4) is 0 Å². The zero-order valence-electron chi connectivity index (χ0n) is 16.2. The van der Waals surface area contributed by atoms with Gasteiger partial charge in [-0.2, -0.15) is 0 Å². The topological polar surface area (TPSA) is 0 Å². The second-order valence-corrected chi connectivity index (χ2v) is 12.5. The molecular formula is C24H39I. The average molecular weight is 454 g/mol. The van der Waals surface area contributed by atoms with E-state index >= 15 is 0 Å². The van der Waals surface area contributed by atoms with E-state index in [2.05, 4.69) is 22.6 Å². The van der Waals surface area contributed by atoms with E-state index in [-0.39, 0.29) is 0 Å². The number of alkyl halides is 1. The molecule has 1 heteroatoms. The van der Waals surface area contributed by atoms with E-state index in [0.717, 1.165) is 51.3 Å². The van der Waals surface area contributed by atoms with Crippen LogP contribution in [0.5, 0.6) is 0 Å². The van der Waals surface area contributed by atoms with Crippen molar-refractivity contribution in [1.29, 1.82) is 0 Å². The molecule has 0 N–H and O–H groups in total. The maximum Gasteiger partial charge on any atom is 0.0112 e. The molecule has 9 atom stereocenters. The molecule has 5 rings (SSSR count). The number of hydrogen-bond acceptors (Lipinski definition) is 0. The third-order valence-electron chi connectivity index (χ3n) is 9.76. The van der Waals surface area contributed by atoms with Crippen molar-refractivity contribution in [3.05, 3.63) is 0 Å². The van der Waals surface area contributed by atoms with Gasteiger partial charge in [0.25, 0.3) is 0 Å². The van der Waals surface area contributed by atoms with Crippen LogP contribution >= 0.6 is 22.6 Å². The van der Waals surface area contributed by atoms with Gasteiger partial charge in [-0.15, -0.1) is 0 Å². The summed E-state index contributed by atoms with van der Waals surface area (Å²) in [5.41, 5.74) is 0. The molecule has 0 bridgehead atoms. The summed E-state index contributed by atoms with van der Waals surface area (Å²) in [7, 11) is 0. The summed E-state index contributed by atoms with van der Waals surface area (Å²) in [5, 5.41) is 0. The lowest BCUT2D eigenvalue weighted by Crippen LogP contribution is -2.42. The average Bonchev–Trinajstić information content (AvgIpc) is 2.67. The van der Waals surface area contributed by atoms with Crippen molar-refractivity contribution in [3.63, 3.8) is 0 Å². The van der Waals surface area contributed by atoms with E-state index in [4.69, 9.17) is 0 Å². The summed E-state index contributed by atoms with van der Waals surface area (Å²) in [5.74, 6) is 9.07. The fourth-order valence-corrected chi connectivity index (χ4v) is 9.54. The lowest BCUT2D eigenvalue weighted by molar-refractivity contribution is -0.0107. The first-order chi connectivity index (χ1) is 12.3. The van der Waals surface area contributed by atoms with Crippen LogP contribution in [0, 0.1) is 47.3 Å². The summed E-state index contributed by atoms with van der Waals surface area (Å²) < 4.78 is 0.997. The third kappa shape index (κ3) is 3.58. The first-order valence-corrected chi connectivity index (χ1v) is 13.2. The van der Waals surface area contributed by atoms with E-state index in [0.29, 0.717) is 0 Å². The summed E-state index contributed by atoms with van der Waals surface area (Å²) in [6.07, 6.45) is 23.8. The number of fused-ring (bicyclic) bond motifs is 4. The molecule has 5 saturated carbocycles. The van der Waals surface area contributed by atoms with Crippen molar-refractivity contribution in [2.45, 2.75) is 100 Å². The van der Waals surface area contributed by atoms with Crippen LogP contribution in [-0.4, -0.2) is 3.92 Å². The Morgan fingerprint density at radius 3 is 1.76 bits per heavy atom. The van der Waals surface area contributed by atoms with Crippen LogP contribution in [0.15, 0.2) is 0 Å². The van der Waals surface area contributed by atoms with E-state index < -0.39 is 0 Å². The Kier molecular flexibility index (Phi) is 5.43. The molecule has 5 aliphatic carbocycles. The van der Waals surface area contributed by atoms with Gasteiger partial charge in [0.15, 0.2) is 0 Å². The second-order valence-electron chi connectivity index (χ2n) is 10.8. The van der Waals surface area contributed by atoms with Crippen molar-refractivity contribution < 1.29 is 0 Å². The lowest BCUT2D eigenvalue weighted by Gasteiger charge is -2.51. The van der Waals surface area contributed by atoms with Gasteiger partial charge in [-0.3, -0.25) is 0 Å². The summed E-state index contributed by atoms with van der Waals surface area (Å²) in [4.78, 5) is 0. The Hall–Kier alpha value is 0.730. The Balaban J connectivity index is 1.20. The van der Waals surface area contributed by atoms with Gasteiger partial charge in [-0.1, -0.05) is 41.9 Å². The fourth-order valence-electron chi connectivity index (χ4n) is 8.53. The lowest BCUT2D eigenvalue weighted by atomic mass is 9.54. The minimum absolute atomic E-state index is 0.997.